The SMILES string of the molecule is CC(C)(C)OC(=O)C(C)(C)O/N=C(\C(=O)N[C@H]1CN2CC(C(=O)NCc3cc(=O)c(O)cn3O)=C(C(=O)O)N2C1=O)c1csc(NC(c2ccccc2)(c2ccccc2)c2ccccc2)n1. The van der Waals surface area contributed by atoms with Crippen LogP contribution in [-0.2, 0) is 45.6 Å². The number of thiazole rings is 1. The van der Waals surface area contributed by atoms with Gasteiger partial charge in [0.25, 0.3) is 17.7 Å². The van der Waals surface area contributed by atoms with Gasteiger partial charge >= 0.3 is 11.9 Å². The van der Waals surface area contributed by atoms with E-state index in [0.29, 0.717) is 9.86 Å². The third-order valence-electron chi connectivity index (χ3n) is 10.5. The molecule has 0 aliphatic carbocycles. The van der Waals surface area contributed by atoms with Gasteiger partial charge in [-0.05, 0) is 51.3 Å². The lowest BCUT2D eigenvalue weighted by molar-refractivity contribution is -0.179. The van der Waals surface area contributed by atoms with Gasteiger partial charge in [-0.2, -0.15) is 4.73 Å². The Balaban J connectivity index is 1.19. The zero-order chi connectivity index (χ0) is 47.6. The summed E-state index contributed by atoms with van der Waals surface area (Å²) < 4.78 is 5.95. The maximum Gasteiger partial charge on any atom is 0.354 e. The zero-order valence-electron chi connectivity index (χ0n) is 36.3. The predicted octanol–water partition coefficient (Wildman–Crippen LogP) is 3.71. The lowest BCUT2D eigenvalue weighted by atomic mass is 9.77. The highest BCUT2D eigenvalue weighted by atomic mass is 32.1. The molecule has 0 bridgehead atoms. The van der Waals surface area contributed by atoms with Gasteiger partial charge in [0.1, 0.15) is 22.9 Å². The molecule has 0 saturated carbocycles. The predicted molar refractivity (Wildman–Crippen MR) is 239 cm³/mol. The van der Waals surface area contributed by atoms with E-state index in [1.807, 2.05) is 91.0 Å². The number of esters is 1. The van der Waals surface area contributed by atoms with Crippen molar-refractivity contribution in [3.63, 3.8) is 0 Å². The standard InChI is InChI=1S/C46H46N8O11S/c1-44(2,3)64-42(62)45(4,5)65-51-36(33-26-66-43(49-33)50-46(27-15-9-6-10-16-27,28-17-11-7-12-18-28)29-19-13-8-14-20-29)39(58)48-32-24-52-23-31(37(41(60)61)54(52)40(32)59)38(57)47-22-30-21-34(55)35(56)25-53(30)63/h6-21,25-26,32,56,63H,22-24H2,1-5H3,(H,47,57)(H,48,58)(H,49,50)(H,60,61)/b51-36-/t32-/m0/s1. The number of carbonyl (C=O) groups is 5. The smallest absolute Gasteiger partial charge is 0.354 e. The van der Waals surface area contributed by atoms with Crippen LogP contribution in [0.4, 0.5) is 5.13 Å². The fraction of sp³-hybridized carbons (Fsp3) is 0.261. The van der Waals surface area contributed by atoms with E-state index in [2.05, 4.69) is 21.1 Å². The van der Waals surface area contributed by atoms with Gasteiger partial charge in [0, 0.05) is 18.0 Å². The normalized spacial score (nSPS) is 15.6. The van der Waals surface area contributed by atoms with Gasteiger partial charge < -0.3 is 40.9 Å². The average Bonchev–Trinajstić information content (AvgIpc) is 3.98. The van der Waals surface area contributed by atoms with Crippen LogP contribution in [0.15, 0.2) is 130 Å². The molecule has 0 spiro atoms. The molecule has 4 heterocycles. The summed E-state index contributed by atoms with van der Waals surface area (Å²) in [6.07, 6.45) is 0.735. The van der Waals surface area contributed by atoms with Crippen LogP contribution in [-0.4, -0.2) is 101 Å². The van der Waals surface area contributed by atoms with E-state index < -0.39 is 81.6 Å². The third-order valence-corrected chi connectivity index (χ3v) is 11.2. The van der Waals surface area contributed by atoms with Gasteiger partial charge in [-0.1, -0.05) is 96.2 Å². The molecule has 66 heavy (non-hydrogen) atoms. The summed E-state index contributed by atoms with van der Waals surface area (Å²) in [5, 5.41) is 46.6. The number of fused-ring (bicyclic) bond motifs is 1. The Morgan fingerprint density at radius 1 is 0.894 bits per heavy atom. The Hall–Kier alpha value is -7.84. The van der Waals surface area contributed by atoms with Crippen molar-refractivity contribution in [3.8, 4) is 5.75 Å². The van der Waals surface area contributed by atoms with E-state index in [0.717, 1.165) is 45.3 Å². The molecule has 0 unspecified atom stereocenters. The number of oxime groups is 1. The number of carbonyl (C=O) groups excluding carboxylic acids is 4. The van der Waals surface area contributed by atoms with Crippen LogP contribution >= 0.6 is 11.3 Å². The van der Waals surface area contributed by atoms with Crippen molar-refractivity contribution >= 4 is 51.8 Å². The van der Waals surface area contributed by atoms with Gasteiger partial charge in [-0.25, -0.2) is 24.6 Å². The molecule has 6 N–H and O–H groups in total. The number of hydrogen-bond acceptors (Lipinski definition) is 15. The molecule has 7 rings (SSSR count). The third kappa shape index (κ3) is 9.49. The largest absolute Gasteiger partial charge is 0.503 e. The van der Waals surface area contributed by atoms with Crippen LogP contribution in [0, 0.1) is 0 Å². The van der Waals surface area contributed by atoms with Crippen molar-refractivity contribution in [2.24, 2.45) is 5.16 Å². The minimum Gasteiger partial charge on any atom is -0.503 e. The highest BCUT2D eigenvalue weighted by molar-refractivity contribution is 7.14. The minimum atomic E-state index is -1.72. The molecule has 3 aromatic carbocycles. The minimum absolute atomic E-state index is 0.00123. The number of aromatic hydroxyl groups is 1. The number of pyridine rings is 1. The fourth-order valence-electron chi connectivity index (χ4n) is 7.31. The van der Waals surface area contributed by atoms with Gasteiger partial charge in [0.05, 0.1) is 30.6 Å². The number of amides is 3. The molecule has 2 aliphatic heterocycles. The number of nitrogens with zero attached hydrogens (tertiary/aromatic N) is 5. The molecule has 1 atom stereocenters. The summed E-state index contributed by atoms with van der Waals surface area (Å²) >= 11 is 1.16. The van der Waals surface area contributed by atoms with Crippen LogP contribution in [0.2, 0.25) is 0 Å². The highest BCUT2D eigenvalue weighted by Gasteiger charge is 2.50. The number of ether oxygens (including phenoxy) is 1. The lowest BCUT2D eigenvalue weighted by Crippen LogP contribution is -2.46. The van der Waals surface area contributed by atoms with Gasteiger partial charge in [0.2, 0.25) is 11.0 Å². The number of nitrogens with one attached hydrogen (secondary N) is 3. The zero-order valence-corrected chi connectivity index (χ0v) is 37.2. The maximum atomic E-state index is 14.4. The Kier molecular flexibility index (Phi) is 12.8. The Morgan fingerprint density at radius 2 is 1.47 bits per heavy atom. The molecule has 2 aliphatic rings. The van der Waals surface area contributed by atoms with E-state index in [-0.39, 0.29) is 30.1 Å². The first-order valence-corrected chi connectivity index (χ1v) is 21.4. The highest BCUT2D eigenvalue weighted by Crippen LogP contribution is 2.41. The maximum absolute atomic E-state index is 14.4. The molecule has 20 heteroatoms. The van der Waals surface area contributed by atoms with Gasteiger partial charge in [-0.15, -0.1) is 11.3 Å². The van der Waals surface area contributed by atoms with E-state index in [1.165, 1.54) is 18.9 Å². The number of rotatable bonds is 15. The summed E-state index contributed by atoms with van der Waals surface area (Å²) in [6, 6.07) is 28.7. The van der Waals surface area contributed by atoms with Crippen LogP contribution in [0.5, 0.6) is 5.75 Å². The molecular weight excluding hydrogens is 873 g/mol. The van der Waals surface area contributed by atoms with Crippen LogP contribution in [0.3, 0.4) is 0 Å². The summed E-state index contributed by atoms with van der Waals surface area (Å²) in [5.74, 6) is -5.90. The average molecular weight is 919 g/mol. The van der Waals surface area contributed by atoms with E-state index in [4.69, 9.17) is 14.6 Å². The van der Waals surface area contributed by atoms with Crippen LogP contribution in [0.25, 0.3) is 0 Å². The Morgan fingerprint density at radius 3 is 2.02 bits per heavy atom. The second-order valence-corrected chi connectivity index (χ2v) is 17.6. The quantitative estimate of drug-likeness (QED) is 0.0288. The molecule has 1 saturated heterocycles. The molecule has 19 nitrogen and oxygen atoms in total. The van der Waals surface area contributed by atoms with Crippen molar-refractivity contribution in [1.29, 1.82) is 0 Å². The van der Waals surface area contributed by atoms with E-state index in [1.54, 1.807) is 26.2 Å². The molecule has 342 valence electrons. The molecule has 2 aromatic heterocycles. The lowest BCUT2D eigenvalue weighted by Gasteiger charge is -2.36. The summed E-state index contributed by atoms with van der Waals surface area (Å²) in [7, 11) is 0. The Bertz CT molecular complexity index is 2710. The van der Waals surface area contributed by atoms with Crippen molar-refractivity contribution < 1.29 is 49.0 Å². The van der Waals surface area contributed by atoms with Crippen LogP contribution in [0.1, 0.15) is 62.7 Å². The van der Waals surface area contributed by atoms with Gasteiger partial charge in [-0.3, -0.25) is 19.2 Å². The first kappa shape index (κ1) is 46.2. The number of hydrogen-bond donors (Lipinski definition) is 6. The number of carboxylic acid groups (broad SMARTS) is 1. The number of aliphatic carboxylic acids is 1. The molecule has 3 amide bonds. The molecular formula is C46H46N8O11S. The van der Waals surface area contributed by atoms with E-state index in [9.17, 15) is 44.2 Å². The molecule has 1 fully saturated rings. The topological polar surface area (TPSA) is 254 Å². The van der Waals surface area contributed by atoms with E-state index >= 15 is 0 Å². The fourth-order valence-corrected chi connectivity index (χ4v) is 8.06. The van der Waals surface area contributed by atoms with Crippen molar-refractivity contribution in [3.05, 3.63) is 158 Å². The first-order chi connectivity index (χ1) is 31.3. The number of anilines is 1. The molecule has 0 radical (unpaired) electrons. The van der Waals surface area contributed by atoms with Crippen molar-refractivity contribution in [1.82, 2.24) is 30.4 Å². The monoisotopic (exact) mass is 918 g/mol. The number of hydrazine groups is 1. The van der Waals surface area contributed by atoms with Crippen molar-refractivity contribution in [2.75, 3.05) is 18.4 Å². The Labute approximate surface area is 381 Å². The second-order valence-electron chi connectivity index (χ2n) is 16.8. The van der Waals surface area contributed by atoms with Crippen LogP contribution < -0.4 is 21.4 Å². The molecule has 5 aromatic rings. The summed E-state index contributed by atoms with van der Waals surface area (Å²) in [6.45, 7) is 6.77. The first-order valence-electron chi connectivity index (χ1n) is 20.5. The summed E-state index contributed by atoms with van der Waals surface area (Å²) in [5.41, 5.74) is -3.31. The van der Waals surface area contributed by atoms with Gasteiger partial charge in [0.15, 0.2) is 22.3 Å². The number of benzene rings is 3. The summed E-state index contributed by atoms with van der Waals surface area (Å²) in [4.78, 5) is 89.8. The number of carboxylic acids is 1. The second kappa shape index (κ2) is 18.3. The number of aromatic nitrogens is 2. The van der Waals surface area contributed by atoms with Crippen molar-refractivity contribution in [2.45, 2.75) is 63.9 Å².